The van der Waals surface area contributed by atoms with Crippen LogP contribution in [0.5, 0.6) is 0 Å². The van der Waals surface area contributed by atoms with E-state index in [0.29, 0.717) is 11.1 Å². The number of nitrogens with zero attached hydrogens (tertiary/aromatic N) is 2. The first-order chi connectivity index (χ1) is 9.11. The largest absolute Gasteiger partial charge is 0.292 e. The fourth-order valence-electron chi connectivity index (χ4n) is 2.11. The molecule has 19 heavy (non-hydrogen) atoms. The van der Waals surface area contributed by atoms with Gasteiger partial charge < -0.3 is 0 Å². The third-order valence-electron chi connectivity index (χ3n) is 2.92. The summed E-state index contributed by atoms with van der Waals surface area (Å²) in [6.07, 6.45) is 3.19. The summed E-state index contributed by atoms with van der Waals surface area (Å²) in [6, 6.07) is 11.2. The van der Waals surface area contributed by atoms with Crippen LogP contribution in [0.1, 0.15) is 33.0 Å². The van der Waals surface area contributed by atoms with E-state index in [2.05, 4.69) is 11.1 Å². The molecule has 0 spiro atoms. The lowest BCUT2D eigenvalue weighted by Gasteiger charge is -2.09. The zero-order valence-corrected chi connectivity index (χ0v) is 10.9. The van der Waals surface area contributed by atoms with Gasteiger partial charge in [-0.05, 0) is 37.6 Å². The molecule has 0 N–H and O–H groups in total. The van der Waals surface area contributed by atoms with Gasteiger partial charge in [0.15, 0.2) is 5.78 Å². The van der Waals surface area contributed by atoms with Gasteiger partial charge in [0.05, 0.1) is 6.07 Å². The number of nitriles is 1. The summed E-state index contributed by atoms with van der Waals surface area (Å²) in [4.78, 5) is 16.4. The summed E-state index contributed by atoms with van der Waals surface area (Å²) in [7, 11) is 0. The molecule has 1 heterocycles. The van der Waals surface area contributed by atoms with Gasteiger partial charge in [-0.15, -0.1) is 0 Å². The number of hydrogen-bond donors (Lipinski definition) is 0. The van der Waals surface area contributed by atoms with Crippen molar-refractivity contribution in [3.05, 3.63) is 65.0 Å². The van der Waals surface area contributed by atoms with E-state index in [1.807, 2.05) is 32.0 Å². The Kier molecular flexibility index (Phi) is 3.72. The molecule has 0 aliphatic carbocycles. The van der Waals surface area contributed by atoms with E-state index >= 15 is 0 Å². The Hall–Kier alpha value is -2.47. The van der Waals surface area contributed by atoms with Crippen molar-refractivity contribution in [3.63, 3.8) is 0 Å². The van der Waals surface area contributed by atoms with E-state index in [-0.39, 0.29) is 5.78 Å². The predicted octanol–water partition coefficient (Wildman–Crippen LogP) is 3.19. The molecular weight excluding hydrogens is 236 g/mol. The Balaban J connectivity index is 2.40. The molecule has 0 radical (unpaired) electrons. The van der Waals surface area contributed by atoms with Crippen molar-refractivity contribution in [2.75, 3.05) is 0 Å². The SMILES string of the molecule is Cc1cc(C)cc(C(=O)C(C#N)c2cccnc2)c1. The summed E-state index contributed by atoms with van der Waals surface area (Å²) >= 11 is 0. The lowest BCUT2D eigenvalue weighted by Crippen LogP contribution is -2.12. The third kappa shape index (κ3) is 2.86. The number of Topliss-reactive ketones (excluding diaryl/α,β-unsaturated/α-hetero) is 1. The molecule has 0 saturated carbocycles. The minimum Gasteiger partial charge on any atom is -0.292 e. The van der Waals surface area contributed by atoms with Crippen LogP contribution in [0.2, 0.25) is 0 Å². The Labute approximate surface area is 112 Å². The normalized spacial score (nSPS) is 11.6. The molecule has 2 rings (SSSR count). The van der Waals surface area contributed by atoms with E-state index in [1.54, 1.807) is 24.5 Å². The van der Waals surface area contributed by atoms with E-state index in [4.69, 9.17) is 0 Å². The zero-order chi connectivity index (χ0) is 13.8. The van der Waals surface area contributed by atoms with Gasteiger partial charge in [-0.2, -0.15) is 5.26 Å². The lowest BCUT2D eigenvalue weighted by atomic mass is 9.91. The van der Waals surface area contributed by atoms with Gasteiger partial charge in [0.2, 0.25) is 0 Å². The average molecular weight is 250 g/mol. The highest BCUT2D eigenvalue weighted by Gasteiger charge is 2.22. The number of rotatable bonds is 3. The number of carbonyl (C=O) groups is 1. The highest BCUT2D eigenvalue weighted by Crippen LogP contribution is 2.21. The van der Waals surface area contributed by atoms with Crippen LogP contribution >= 0.6 is 0 Å². The Bertz CT molecular complexity index is 621. The summed E-state index contributed by atoms with van der Waals surface area (Å²) in [5.41, 5.74) is 3.25. The molecule has 0 aliphatic heterocycles. The van der Waals surface area contributed by atoms with Crippen LogP contribution in [-0.4, -0.2) is 10.8 Å². The number of pyridine rings is 1. The van der Waals surface area contributed by atoms with Crippen molar-refractivity contribution in [1.29, 1.82) is 5.26 Å². The van der Waals surface area contributed by atoms with Crippen molar-refractivity contribution in [2.24, 2.45) is 0 Å². The highest BCUT2D eigenvalue weighted by molar-refractivity contribution is 6.03. The molecule has 1 atom stereocenters. The fraction of sp³-hybridized carbons (Fsp3) is 0.188. The summed E-state index contributed by atoms with van der Waals surface area (Å²) < 4.78 is 0. The molecule has 1 aromatic carbocycles. The maximum absolute atomic E-state index is 12.4. The minimum atomic E-state index is -0.796. The standard InChI is InChI=1S/C16H14N2O/c1-11-6-12(2)8-14(7-11)16(19)15(9-17)13-4-3-5-18-10-13/h3-8,10,15H,1-2H3. The second-order valence-corrected chi connectivity index (χ2v) is 4.59. The van der Waals surface area contributed by atoms with Crippen LogP contribution in [0.15, 0.2) is 42.7 Å². The molecule has 3 nitrogen and oxygen atoms in total. The summed E-state index contributed by atoms with van der Waals surface area (Å²) in [5, 5.41) is 9.25. The van der Waals surface area contributed by atoms with Crippen LogP contribution in [0.4, 0.5) is 0 Å². The van der Waals surface area contributed by atoms with Gasteiger partial charge in [-0.1, -0.05) is 23.3 Å². The maximum atomic E-state index is 12.4. The summed E-state index contributed by atoms with van der Waals surface area (Å²) in [5.74, 6) is -0.975. The molecule has 94 valence electrons. The molecule has 0 amide bonds. The second-order valence-electron chi connectivity index (χ2n) is 4.59. The number of benzene rings is 1. The van der Waals surface area contributed by atoms with Crippen LogP contribution in [0, 0.1) is 25.2 Å². The zero-order valence-electron chi connectivity index (χ0n) is 10.9. The lowest BCUT2D eigenvalue weighted by molar-refractivity contribution is 0.0978. The quantitative estimate of drug-likeness (QED) is 0.786. The highest BCUT2D eigenvalue weighted by atomic mass is 16.1. The van der Waals surface area contributed by atoms with Gasteiger partial charge >= 0.3 is 0 Å². The van der Waals surface area contributed by atoms with Crippen LogP contribution in [0.25, 0.3) is 0 Å². The Morgan fingerprint density at radius 2 is 1.95 bits per heavy atom. The van der Waals surface area contributed by atoms with Crippen molar-refractivity contribution < 1.29 is 4.79 Å². The number of ketones is 1. The van der Waals surface area contributed by atoms with E-state index in [1.165, 1.54) is 0 Å². The number of aryl methyl sites for hydroxylation is 2. The smallest absolute Gasteiger partial charge is 0.184 e. The first-order valence-corrected chi connectivity index (χ1v) is 6.04. The van der Waals surface area contributed by atoms with Gasteiger partial charge in [0.1, 0.15) is 5.92 Å². The van der Waals surface area contributed by atoms with Crippen molar-refractivity contribution in [2.45, 2.75) is 19.8 Å². The summed E-state index contributed by atoms with van der Waals surface area (Å²) in [6.45, 7) is 3.88. The average Bonchev–Trinajstić information content (AvgIpc) is 2.39. The predicted molar refractivity (Wildman–Crippen MR) is 72.8 cm³/mol. The molecule has 0 saturated heterocycles. The molecule has 0 aliphatic rings. The third-order valence-corrected chi connectivity index (χ3v) is 2.92. The van der Waals surface area contributed by atoms with Crippen molar-refractivity contribution >= 4 is 5.78 Å². The monoisotopic (exact) mass is 250 g/mol. The molecule has 1 unspecified atom stereocenters. The number of carbonyl (C=O) groups excluding carboxylic acids is 1. The second kappa shape index (κ2) is 5.45. The fourth-order valence-corrected chi connectivity index (χ4v) is 2.11. The van der Waals surface area contributed by atoms with Crippen molar-refractivity contribution in [1.82, 2.24) is 4.98 Å². The van der Waals surface area contributed by atoms with Gasteiger partial charge in [-0.25, -0.2) is 0 Å². The van der Waals surface area contributed by atoms with Crippen molar-refractivity contribution in [3.8, 4) is 6.07 Å². The number of hydrogen-bond acceptors (Lipinski definition) is 3. The molecule has 0 fully saturated rings. The first-order valence-electron chi connectivity index (χ1n) is 6.04. The van der Waals surface area contributed by atoms with Crippen LogP contribution < -0.4 is 0 Å². The first kappa shape index (κ1) is 13.0. The molecule has 2 aromatic rings. The molecule has 3 heteroatoms. The van der Waals surface area contributed by atoms with E-state index in [0.717, 1.165) is 11.1 Å². The van der Waals surface area contributed by atoms with Crippen LogP contribution in [0.3, 0.4) is 0 Å². The van der Waals surface area contributed by atoms with Gasteiger partial charge in [0, 0.05) is 18.0 Å². The Morgan fingerprint density at radius 1 is 1.26 bits per heavy atom. The number of aromatic nitrogens is 1. The minimum absolute atomic E-state index is 0.178. The maximum Gasteiger partial charge on any atom is 0.184 e. The molecular formula is C16H14N2O. The molecule has 0 bridgehead atoms. The Morgan fingerprint density at radius 3 is 2.47 bits per heavy atom. The van der Waals surface area contributed by atoms with Gasteiger partial charge in [0.25, 0.3) is 0 Å². The van der Waals surface area contributed by atoms with E-state index < -0.39 is 5.92 Å². The molecule has 1 aromatic heterocycles. The van der Waals surface area contributed by atoms with Crippen LogP contribution in [-0.2, 0) is 0 Å². The van der Waals surface area contributed by atoms with Gasteiger partial charge in [-0.3, -0.25) is 9.78 Å². The topological polar surface area (TPSA) is 53.8 Å². The van der Waals surface area contributed by atoms with E-state index in [9.17, 15) is 10.1 Å².